The van der Waals surface area contributed by atoms with E-state index in [1.165, 1.54) is 0 Å². The zero-order valence-corrected chi connectivity index (χ0v) is 16.7. The molecule has 0 saturated carbocycles. The second-order valence-electron chi connectivity index (χ2n) is 6.93. The molecule has 0 N–H and O–H groups in total. The molecular formula is C22H23N5O3. The van der Waals surface area contributed by atoms with Crippen molar-refractivity contribution in [3.63, 3.8) is 0 Å². The fourth-order valence-corrected chi connectivity index (χ4v) is 3.26. The minimum atomic E-state index is 0.00707. The monoisotopic (exact) mass is 405 g/mol. The highest BCUT2D eigenvalue weighted by atomic mass is 16.5. The molecule has 0 aliphatic carbocycles. The lowest BCUT2D eigenvalue weighted by molar-refractivity contribution is -0.127. The standard InChI is InChI=1S/C22H23N5O3/c1-29-18-6-3-17(4-7-18)5-10-22(28)26-15-11-19(12-16-26)30-21-9-8-20(24-25-21)27-14-2-13-23-27/h2-10,13-14,19H,11-12,15-16H2,1H3/b10-5+. The Bertz CT molecular complexity index is 977. The molecule has 8 nitrogen and oxygen atoms in total. The molecule has 154 valence electrons. The second kappa shape index (κ2) is 9.21. The van der Waals surface area contributed by atoms with Crippen LogP contribution in [0.15, 0.2) is 60.9 Å². The summed E-state index contributed by atoms with van der Waals surface area (Å²) in [5.74, 6) is 1.92. The van der Waals surface area contributed by atoms with Gasteiger partial charge in [-0.3, -0.25) is 4.79 Å². The van der Waals surface area contributed by atoms with E-state index in [1.807, 2.05) is 47.4 Å². The largest absolute Gasteiger partial charge is 0.497 e. The fraction of sp³-hybridized carbons (Fsp3) is 0.273. The van der Waals surface area contributed by atoms with Crippen molar-refractivity contribution < 1.29 is 14.3 Å². The first-order valence-corrected chi connectivity index (χ1v) is 9.83. The molecular weight excluding hydrogens is 382 g/mol. The Labute approximate surface area is 174 Å². The van der Waals surface area contributed by atoms with Crippen molar-refractivity contribution in [2.24, 2.45) is 0 Å². The summed E-state index contributed by atoms with van der Waals surface area (Å²) in [6, 6.07) is 13.0. The summed E-state index contributed by atoms with van der Waals surface area (Å²) < 4.78 is 12.7. The van der Waals surface area contributed by atoms with E-state index in [0.29, 0.717) is 24.8 Å². The predicted octanol–water partition coefficient (Wildman–Crippen LogP) is 2.75. The molecule has 2 aromatic heterocycles. The van der Waals surface area contributed by atoms with Crippen molar-refractivity contribution >= 4 is 12.0 Å². The third-order valence-corrected chi connectivity index (χ3v) is 4.94. The van der Waals surface area contributed by atoms with E-state index in [-0.39, 0.29) is 12.0 Å². The molecule has 3 heterocycles. The van der Waals surface area contributed by atoms with Crippen molar-refractivity contribution in [2.45, 2.75) is 18.9 Å². The molecule has 4 rings (SSSR count). The van der Waals surface area contributed by atoms with Crippen molar-refractivity contribution in [1.29, 1.82) is 0 Å². The Morgan fingerprint density at radius 3 is 2.53 bits per heavy atom. The number of benzene rings is 1. The van der Waals surface area contributed by atoms with Gasteiger partial charge in [0.25, 0.3) is 0 Å². The summed E-state index contributed by atoms with van der Waals surface area (Å²) in [5, 5.41) is 12.4. The van der Waals surface area contributed by atoms with Crippen LogP contribution in [0.2, 0.25) is 0 Å². The first kappa shape index (κ1) is 19.6. The van der Waals surface area contributed by atoms with Gasteiger partial charge >= 0.3 is 0 Å². The topological polar surface area (TPSA) is 82.4 Å². The number of aromatic nitrogens is 4. The van der Waals surface area contributed by atoms with Gasteiger partial charge in [-0.15, -0.1) is 10.2 Å². The van der Waals surface area contributed by atoms with E-state index in [9.17, 15) is 4.79 Å². The summed E-state index contributed by atoms with van der Waals surface area (Å²) in [5.41, 5.74) is 0.958. The summed E-state index contributed by atoms with van der Waals surface area (Å²) in [4.78, 5) is 14.3. The molecule has 0 unspecified atom stereocenters. The highest BCUT2D eigenvalue weighted by Gasteiger charge is 2.23. The summed E-state index contributed by atoms with van der Waals surface area (Å²) in [6.45, 7) is 1.30. The molecule has 8 heteroatoms. The average Bonchev–Trinajstić information content (AvgIpc) is 3.34. The van der Waals surface area contributed by atoms with Crippen LogP contribution in [0, 0.1) is 0 Å². The van der Waals surface area contributed by atoms with Gasteiger partial charge in [0.05, 0.1) is 7.11 Å². The lowest BCUT2D eigenvalue weighted by Crippen LogP contribution is -2.41. The van der Waals surface area contributed by atoms with Crippen LogP contribution in [0.4, 0.5) is 0 Å². The number of amides is 1. The molecule has 1 aliphatic heterocycles. The Balaban J connectivity index is 1.26. The molecule has 0 atom stereocenters. The minimum absolute atomic E-state index is 0.00707. The molecule has 0 radical (unpaired) electrons. The maximum atomic E-state index is 12.5. The summed E-state index contributed by atoms with van der Waals surface area (Å²) >= 11 is 0. The number of carbonyl (C=O) groups excluding carboxylic acids is 1. The van der Waals surface area contributed by atoms with Crippen LogP contribution < -0.4 is 9.47 Å². The number of carbonyl (C=O) groups is 1. The van der Waals surface area contributed by atoms with Crippen LogP contribution in [0.3, 0.4) is 0 Å². The maximum Gasteiger partial charge on any atom is 0.246 e. The van der Waals surface area contributed by atoms with Gasteiger partial charge in [0.15, 0.2) is 5.82 Å². The molecule has 1 aliphatic rings. The third-order valence-electron chi connectivity index (χ3n) is 4.94. The van der Waals surface area contributed by atoms with Gasteiger partial charge in [-0.25, -0.2) is 4.68 Å². The zero-order chi connectivity index (χ0) is 20.8. The molecule has 1 amide bonds. The van der Waals surface area contributed by atoms with Gasteiger partial charge in [-0.2, -0.15) is 5.10 Å². The van der Waals surface area contributed by atoms with Crippen molar-refractivity contribution in [3.05, 3.63) is 66.5 Å². The summed E-state index contributed by atoms with van der Waals surface area (Å²) in [7, 11) is 1.63. The number of piperidine rings is 1. The SMILES string of the molecule is COc1ccc(/C=C/C(=O)N2CCC(Oc3ccc(-n4cccn4)nn3)CC2)cc1. The van der Waals surface area contributed by atoms with Crippen LogP contribution in [-0.2, 0) is 4.79 Å². The molecule has 0 bridgehead atoms. The smallest absolute Gasteiger partial charge is 0.246 e. The predicted molar refractivity (Wildman–Crippen MR) is 111 cm³/mol. The van der Waals surface area contributed by atoms with Gasteiger partial charge < -0.3 is 14.4 Å². The number of likely N-dealkylation sites (tertiary alicyclic amines) is 1. The number of hydrogen-bond acceptors (Lipinski definition) is 6. The van der Waals surface area contributed by atoms with Crippen LogP contribution in [0.5, 0.6) is 11.6 Å². The Morgan fingerprint density at radius 2 is 1.90 bits per heavy atom. The fourth-order valence-electron chi connectivity index (χ4n) is 3.26. The van der Waals surface area contributed by atoms with E-state index < -0.39 is 0 Å². The lowest BCUT2D eigenvalue weighted by atomic mass is 10.1. The Morgan fingerprint density at radius 1 is 1.10 bits per heavy atom. The molecule has 1 fully saturated rings. The van der Waals surface area contributed by atoms with Crippen LogP contribution >= 0.6 is 0 Å². The minimum Gasteiger partial charge on any atom is -0.497 e. The molecule has 1 aromatic carbocycles. The van der Waals surface area contributed by atoms with Crippen LogP contribution in [0.1, 0.15) is 18.4 Å². The van der Waals surface area contributed by atoms with Gasteiger partial charge in [0.1, 0.15) is 11.9 Å². The molecule has 3 aromatic rings. The number of hydrogen-bond donors (Lipinski definition) is 0. The quantitative estimate of drug-likeness (QED) is 0.587. The number of methoxy groups -OCH3 is 1. The highest BCUT2D eigenvalue weighted by molar-refractivity contribution is 5.91. The van der Waals surface area contributed by atoms with Crippen molar-refractivity contribution in [1.82, 2.24) is 24.9 Å². The van der Waals surface area contributed by atoms with Gasteiger partial charge in [-0.05, 0) is 35.9 Å². The Kier molecular flexibility index (Phi) is 6.03. The zero-order valence-electron chi connectivity index (χ0n) is 16.7. The van der Waals surface area contributed by atoms with E-state index >= 15 is 0 Å². The van der Waals surface area contributed by atoms with E-state index in [4.69, 9.17) is 9.47 Å². The highest BCUT2D eigenvalue weighted by Crippen LogP contribution is 2.18. The van der Waals surface area contributed by atoms with Gasteiger partial charge in [0, 0.05) is 50.5 Å². The van der Waals surface area contributed by atoms with E-state index in [2.05, 4.69) is 15.3 Å². The number of ether oxygens (including phenoxy) is 2. The number of nitrogens with zero attached hydrogens (tertiary/aromatic N) is 5. The van der Waals surface area contributed by atoms with Crippen LogP contribution in [-0.4, -0.2) is 57.1 Å². The van der Waals surface area contributed by atoms with Gasteiger partial charge in [0.2, 0.25) is 11.8 Å². The average molecular weight is 405 g/mol. The lowest BCUT2D eigenvalue weighted by Gasteiger charge is -2.31. The second-order valence-corrected chi connectivity index (χ2v) is 6.93. The molecule has 0 spiro atoms. The van der Waals surface area contributed by atoms with E-state index in [1.54, 1.807) is 36.3 Å². The van der Waals surface area contributed by atoms with E-state index in [0.717, 1.165) is 24.2 Å². The Hall–Kier alpha value is -3.68. The first-order chi connectivity index (χ1) is 14.7. The van der Waals surface area contributed by atoms with Crippen molar-refractivity contribution in [3.8, 4) is 17.4 Å². The number of rotatable bonds is 6. The van der Waals surface area contributed by atoms with Crippen molar-refractivity contribution in [2.75, 3.05) is 20.2 Å². The molecule has 30 heavy (non-hydrogen) atoms. The molecule has 1 saturated heterocycles. The first-order valence-electron chi connectivity index (χ1n) is 9.83. The maximum absolute atomic E-state index is 12.5. The van der Waals surface area contributed by atoms with Crippen LogP contribution in [0.25, 0.3) is 11.9 Å². The normalized spacial score (nSPS) is 14.8. The third kappa shape index (κ3) is 4.83. The summed E-state index contributed by atoms with van der Waals surface area (Å²) in [6.07, 6.45) is 8.46. The van der Waals surface area contributed by atoms with Gasteiger partial charge in [-0.1, -0.05) is 12.1 Å².